The quantitative estimate of drug-likeness (QED) is 0.549. The Morgan fingerprint density at radius 1 is 1.25 bits per heavy atom. The summed E-state index contributed by atoms with van der Waals surface area (Å²) < 4.78 is 37.3. The number of amides is 1. The fraction of sp³-hybridized carbons (Fsp3) is 0.286. The number of ether oxygens (including phenoxy) is 1. The molecular weight excluding hydrogens is 426 g/mol. The first-order chi connectivity index (χ1) is 15.3. The van der Waals surface area contributed by atoms with Crippen LogP contribution in [0.25, 0.3) is 11.4 Å². The second kappa shape index (κ2) is 8.89. The summed E-state index contributed by atoms with van der Waals surface area (Å²) in [6, 6.07) is 9.49. The van der Waals surface area contributed by atoms with Crippen LogP contribution in [-0.2, 0) is 9.53 Å². The van der Waals surface area contributed by atoms with Crippen LogP contribution in [0.3, 0.4) is 0 Å². The predicted molar refractivity (Wildman–Crippen MR) is 110 cm³/mol. The highest BCUT2D eigenvalue weighted by Gasteiger charge is 2.38. The van der Waals surface area contributed by atoms with Gasteiger partial charge in [0.15, 0.2) is 12.1 Å². The number of carbonyl (C=O) groups excluding carboxylic acids is 1. The van der Waals surface area contributed by atoms with Crippen molar-refractivity contribution >= 4 is 17.3 Å². The molecule has 1 aliphatic heterocycles. The summed E-state index contributed by atoms with van der Waals surface area (Å²) in [6.07, 6.45) is -2.20. The van der Waals surface area contributed by atoms with E-state index < -0.39 is 41.5 Å². The number of carbonyl (C=O) groups is 1. The van der Waals surface area contributed by atoms with Gasteiger partial charge in [-0.25, -0.2) is 13.6 Å². The third kappa shape index (κ3) is 4.53. The van der Waals surface area contributed by atoms with Crippen molar-refractivity contribution in [3.8, 4) is 11.4 Å². The first-order valence-electron chi connectivity index (χ1n) is 9.81. The molecule has 3 N–H and O–H groups in total. The summed E-state index contributed by atoms with van der Waals surface area (Å²) in [4.78, 5) is 27.6. The van der Waals surface area contributed by atoms with E-state index in [0.29, 0.717) is 11.3 Å². The number of nitrogens with zero attached hydrogens (tertiary/aromatic N) is 2. The lowest BCUT2D eigenvalue weighted by molar-refractivity contribution is -0.133. The van der Waals surface area contributed by atoms with E-state index in [0.717, 1.165) is 18.2 Å². The second-order valence-electron chi connectivity index (χ2n) is 7.37. The minimum Gasteiger partial charge on any atom is -0.371 e. The normalized spacial score (nSPS) is 19.6. The number of halogens is 2. The fourth-order valence-electron chi connectivity index (χ4n) is 3.54. The van der Waals surface area contributed by atoms with Crippen LogP contribution in [0.5, 0.6) is 0 Å². The molecule has 0 radical (unpaired) electrons. The third-order valence-corrected chi connectivity index (χ3v) is 5.21. The lowest BCUT2D eigenvalue weighted by Crippen LogP contribution is -2.55. The van der Waals surface area contributed by atoms with Gasteiger partial charge in [0.1, 0.15) is 17.7 Å². The number of nitrogens with one attached hydrogen (secondary N) is 2. The van der Waals surface area contributed by atoms with Gasteiger partial charge >= 0.3 is 5.76 Å². The van der Waals surface area contributed by atoms with Gasteiger partial charge in [-0.05, 0) is 36.4 Å². The van der Waals surface area contributed by atoms with Crippen molar-refractivity contribution in [1.82, 2.24) is 10.1 Å². The Morgan fingerprint density at radius 3 is 2.56 bits per heavy atom. The molecule has 0 aliphatic carbocycles. The average molecular weight is 446 g/mol. The standard InChI is InChI=1S/C21H20F2N4O5/c1-11(17-20(29)27(6-7-31-17)16-9-13(22)8-14(23)10-16)19(28)24-15-4-2-12(3-5-15)18-25-21(30)32-26-18/h2-5,8-11,17,20,29H,6-7H2,1H3,(H,24,28)(H,25,26,30). The molecule has 3 atom stereocenters. The van der Waals surface area contributed by atoms with Crippen molar-refractivity contribution in [2.75, 3.05) is 23.4 Å². The number of hydrogen-bond donors (Lipinski definition) is 3. The van der Waals surface area contributed by atoms with Crippen molar-refractivity contribution in [3.63, 3.8) is 0 Å². The first kappa shape index (κ1) is 21.7. The Balaban J connectivity index is 1.44. The highest BCUT2D eigenvalue weighted by Crippen LogP contribution is 2.27. The van der Waals surface area contributed by atoms with E-state index >= 15 is 0 Å². The number of aromatic nitrogens is 2. The lowest BCUT2D eigenvalue weighted by atomic mass is 9.99. The molecule has 1 amide bonds. The largest absolute Gasteiger partial charge is 0.439 e. The molecule has 1 saturated heterocycles. The number of morpholine rings is 1. The summed E-state index contributed by atoms with van der Waals surface area (Å²) in [5, 5.41) is 17.1. The molecule has 0 bridgehead atoms. The van der Waals surface area contributed by atoms with Gasteiger partial charge in [0.05, 0.1) is 12.5 Å². The van der Waals surface area contributed by atoms with Crippen LogP contribution >= 0.6 is 0 Å². The van der Waals surface area contributed by atoms with Gasteiger partial charge in [-0.3, -0.25) is 14.3 Å². The van der Waals surface area contributed by atoms with E-state index in [4.69, 9.17) is 4.74 Å². The molecule has 9 nitrogen and oxygen atoms in total. The van der Waals surface area contributed by atoms with Gasteiger partial charge in [-0.1, -0.05) is 12.1 Å². The maximum absolute atomic E-state index is 13.6. The molecule has 0 spiro atoms. The van der Waals surface area contributed by atoms with E-state index in [1.807, 2.05) is 0 Å². The number of rotatable bonds is 5. The van der Waals surface area contributed by atoms with Crippen molar-refractivity contribution in [3.05, 3.63) is 64.6 Å². The summed E-state index contributed by atoms with van der Waals surface area (Å²) in [5.74, 6) is -3.14. The zero-order valence-corrected chi connectivity index (χ0v) is 16.9. The van der Waals surface area contributed by atoms with Crippen molar-refractivity contribution in [1.29, 1.82) is 0 Å². The van der Waals surface area contributed by atoms with E-state index in [1.54, 1.807) is 31.2 Å². The van der Waals surface area contributed by atoms with Crippen LogP contribution in [0.15, 0.2) is 51.8 Å². The van der Waals surface area contributed by atoms with E-state index in [-0.39, 0.29) is 24.7 Å². The number of aliphatic hydroxyl groups excluding tert-OH is 1. The Labute approximate surface area is 180 Å². The number of hydrogen-bond acceptors (Lipinski definition) is 7. The molecule has 168 valence electrons. The Bertz CT molecular complexity index is 1140. The highest BCUT2D eigenvalue weighted by molar-refractivity contribution is 5.93. The molecule has 3 aromatic rings. The molecule has 1 aliphatic rings. The summed E-state index contributed by atoms with van der Waals surface area (Å²) in [6.45, 7) is 1.97. The predicted octanol–water partition coefficient (Wildman–Crippen LogP) is 2.11. The number of anilines is 2. The van der Waals surface area contributed by atoms with Crippen LogP contribution in [0.2, 0.25) is 0 Å². The van der Waals surface area contributed by atoms with Crippen LogP contribution in [0, 0.1) is 17.6 Å². The maximum Gasteiger partial charge on any atom is 0.439 e. The van der Waals surface area contributed by atoms with Crippen molar-refractivity contribution < 1.29 is 27.9 Å². The Kier molecular flexibility index (Phi) is 6.01. The average Bonchev–Trinajstić information content (AvgIpc) is 3.19. The van der Waals surface area contributed by atoms with Crippen LogP contribution in [0.4, 0.5) is 20.2 Å². The van der Waals surface area contributed by atoms with Gasteiger partial charge < -0.3 is 20.1 Å². The molecule has 11 heteroatoms. The smallest absolute Gasteiger partial charge is 0.371 e. The zero-order chi connectivity index (χ0) is 22.8. The molecule has 2 heterocycles. The molecule has 2 aromatic carbocycles. The molecule has 4 rings (SSSR count). The lowest BCUT2D eigenvalue weighted by Gasteiger charge is -2.41. The van der Waals surface area contributed by atoms with Crippen LogP contribution in [-0.4, -0.2) is 46.6 Å². The molecule has 3 unspecified atom stereocenters. The molecular formula is C21H20F2N4O5. The molecule has 32 heavy (non-hydrogen) atoms. The monoisotopic (exact) mass is 446 g/mol. The summed E-state index contributed by atoms with van der Waals surface area (Å²) in [5.41, 5.74) is 1.23. The summed E-state index contributed by atoms with van der Waals surface area (Å²) >= 11 is 0. The minimum atomic E-state index is -1.28. The topological polar surface area (TPSA) is 121 Å². The minimum absolute atomic E-state index is 0.164. The number of H-pyrrole nitrogens is 1. The SMILES string of the molecule is CC(C(=O)Nc1ccc(-c2noc(=O)[nH]2)cc1)C1OCCN(c2cc(F)cc(F)c2)C1O. The van der Waals surface area contributed by atoms with Gasteiger partial charge in [0, 0.05) is 29.5 Å². The van der Waals surface area contributed by atoms with Gasteiger partial charge in [0.2, 0.25) is 5.91 Å². The highest BCUT2D eigenvalue weighted by atomic mass is 19.1. The van der Waals surface area contributed by atoms with Crippen molar-refractivity contribution in [2.24, 2.45) is 5.92 Å². The first-order valence-corrected chi connectivity index (χ1v) is 9.81. The fourth-order valence-corrected chi connectivity index (χ4v) is 3.54. The maximum atomic E-state index is 13.6. The van der Waals surface area contributed by atoms with E-state index in [1.165, 1.54) is 4.90 Å². The summed E-state index contributed by atoms with van der Waals surface area (Å²) in [7, 11) is 0. The van der Waals surface area contributed by atoms with Crippen LogP contribution in [0.1, 0.15) is 6.92 Å². The van der Waals surface area contributed by atoms with Crippen LogP contribution < -0.4 is 16.0 Å². The third-order valence-electron chi connectivity index (χ3n) is 5.21. The van der Waals surface area contributed by atoms with Gasteiger partial charge in [0.25, 0.3) is 0 Å². The van der Waals surface area contributed by atoms with E-state index in [9.17, 15) is 23.5 Å². The number of aromatic amines is 1. The number of aliphatic hydroxyl groups is 1. The Morgan fingerprint density at radius 2 is 1.94 bits per heavy atom. The van der Waals surface area contributed by atoms with Gasteiger partial charge in [-0.2, -0.15) is 0 Å². The zero-order valence-electron chi connectivity index (χ0n) is 16.9. The Hall–Kier alpha value is -3.57. The molecule has 1 aromatic heterocycles. The molecule has 1 fully saturated rings. The number of benzene rings is 2. The van der Waals surface area contributed by atoms with Gasteiger partial charge in [-0.15, -0.1) is 0 Å². The van der Waals surface area contributed by atoms with Crippen molar-refractivity contribution in [2.45, 2.75) is 19.3 Å². The van der Waals surface area contributed by atoms with E-state index in [2.05, 4.69) is 20.0 Å². The molecule has 0 saturated carbocycles. The second-order valence-corrected chi connectivity index (χ2v) is 7.37.